The first-order chi connectivity index (χ1) is 10.0. The van der Waals surface area contributed by atoms with Gasteiger partial charge >= 0.3 is 0 Å². The molecule has 0 aromatic carbocycles. The molecule has 4 rings (SSSR count). The molecule has 112 valence electrons. The van der Waals surface area contributed by atoms with Crippen LogP contribution < -0.4 is 0 Å². The van der Waals surface area contributed by atoms with Crippen LogP contribution in [-0.2, 0) is 4.79 Å². The molecule has 0 N–H and O–H groups in total. The van der Waals surface area contributed by atoms with E-state index in [1.165, 1.54) is 19.3 Å². The lowest BCUT2D eigenvalue weighted by molar-refractivity contribution is -0.119. The van der Waals surface area contributed by atoms with Crippen LogP contribution in [0.3, 0.4) is 0 Å². The molecule has 2 saturated carbocycles. The molecule has 0 amide bonds. The van der Waals surface area contributed by atoms with Crippen LogP contribution in [0.2, 0.25) is 0 Å². The van der Waals surface area contributed by atoms with Gasteiger partial charge in [0.1, 0.15) is 5.78 Å². The van der Waals surface area contributed by atoms with Crippen molar-refractivity contribution in [2.24, 2.45) is 22.7 Å². The fourth-order valence-electron chi connectivity index (χ4n) is 5.62. The summed E-state index contributed by atoms with van der Waals surface area (Å²) >= 11 is 0. The molecule has 4 aliphatic carbocycles. The first-order valence-electron chi connectivity index (χ1n) is 8.64. The highest BCUT2D eigenvalue weighted by Gasteiger charge is 2.51. The second-order valence-corrected chi connectivity index (χ2v) is 8.07. The highest BCUT2D eigenvalue weighted by Crippen LogP contribution is 2.61. The summed E-state index contributed by atoms with van der Waals surface area (Å²) in [5.74, 6) is 1.94. The first kappa shape index (κ1) is 13.5. The molecule has 0 radical (unpaired) electrons. The average molecular weight is 282 g/mol. The summed E-state index contributed by atoms with van der Waals surface area (Å²) < 4.78 is 0. The Labute approximate surface area is 128 Å². The van der Waals surface area contributed by atoms with Gasteiger partial charge in [-0.15, -0.1) is 0 Å². The largest absolute Gasteiger partial charge is 0.300 e. The van der Waals surface area contributed by atoms with E-state index in [4.69, 9.17) is 0 Å². The van der Waals surface area contributed by atoms with Gasteiger partial charge in [0, 0.05) is 18.3 Å². The van der Waals surface area contributed by atoms with Crippen molar-refractivity contribution in [1.82, 2.24) is 0 Å². The van der Waals surface area contributed by atoms with E-state index < -0.39 is 0 Å². The van der Waals surface area contributed by atoms with Crippen molar-refractivity contribution in [3.8, 4) is 0 Å². The lowest BCUT2D eigenvalue weighted by Gasteiger charge is -2.53. The fourth-order valence-corrected chi connectivity index (χ4v) is 5.62. The first-order valence-corrected chi connectivity index (χ1v) is 8.64. The second kappa shape index (κ2) is 4.44. The molecule has 0 aromatic heterocycles. The van der Waals surface area contributed by atoms with Crippen molar-refractivity contribution >= 4 is 5.78 Å². The van der Waals surface area contributed by atoms with Crippen molar-refractivity contribution in [2.45, 2.75) is 58.8 Å². The standard InChI is InChI=1S/C20H26O/c1-19-11-3-4-17(19)16-8-6-14-5-7-15(21)9-13-20(14,2)18(16)10-12-19/h3-4,6,11,16,18H,5,7-10,12-13H2,1-2H3. The number of ketones is 1. The van der Waals surface area contributed by atoms with Crippen molar-refractivity contribution < 1.29 is 4.79 Å². The van der Waals surface area contributed by atoms with E-state index in [9.17, 15) is 4.79 Å². The molecular weight excluding hydrogens is 256 g/mol. The number of allylic oxidation sites excluding steroid dienone is 6. The lowest BCUT2D eigenvalue weighted by atomic mass is 9.51. The number of carbonyl (C=O) groups excluding carboxylic acids is 1. The van der Waals surface area contributed by atoms with E-state index in [1.54, 1.807) is 11.1 Å². The Hall–Kier alpha value is -1.11. The van der Waals surface area contributed by atoms with E-state index in [0.29, 0.717) is 17.1 Å². The van der Waals surface area contributed by atoms with Crippen molar-refractivity contribution in [1.29, 1.82) is 0 Å². The zero-order chi connectivity index (χ0) is 14.7. The maximum atomic E-state index is 11.9. The van der Waals surface area contributed by atoms with E-state index in [1.807, 2.05) is 0 Å². The van der Waals surface area contributed by atoms with Crippen LogP contribution in [0.15, 0.2) is 35.5 Å². The molecule has 0 aliphatic heterocycles. The Morgan fingerprint density at radius 1 is 1.14 bits per heavy atom. The summed E-state index contributed by atoms with van der Waals surface area (Å²) in [6.07, 6.45) is 17.1. The summed E-state index contributed by atoms with van der Waals surface area (Å²) in [5.41, 5.74) is 3.87. The second-order valence-electron chi connectivity index (χ2n) is 8.07. The minimum Gasteiger partial charge on any atom is -0.300 e. The van der Waals surface area contributed by atoms with Crippen LogP contribution in [0.1, 0.15) is 58.8 Å². The quantitative estimate of drug-likeness (QED) is 0.572. The summed E-state index contributed by atoms with van der Waals surface area (Å²) in [6.45, 7) is 4.87. The summed E-state index contributed by atoms with van der Waals surface area (Å²) in [4.78, 5) is 11.9. The third-order valence-electron chi connectivity index (χ3n) is 7.03. The molecule has 4 aliphatic rings. The van der Waals surface area contributed by atoms with Gasteiger partial charge in [-0.2, -0.15) is 0 Å². The molecule has 1 nitrogen and oxygen atoms in total. The number of carbonyl (C=O) groups is 1. The Bertz CT molecular complexity index is 579. The fraction of sp³-hybridized carbons (Fsp3) is 0.650. The van der Waals surface area contributed by atoms with Gasteiger partial charge in [0.05, 0.1) is 0 Å². The number of hydrogen-bond acceptors (Lipinski definition) is 1. The molecule has 0 heterocycles. The topological polar surface area (TPSA) is 17.1 Å². The van der Waals surface area contributed by atoms with Gasteiger partial charge in [-0.3, -0.25) is 4.79 Å². The van der Waals surface area contributed by atoms with Crippen LogP contribution in [0, 0.1) is 22.7 Å². The molecule has 4 atom stereocenters. The molecule has 21 heavy (non-hydrogen) atoms. The maximum Gasteiger partial charge on any atom is 0.133 e. The molecule has 0 aromatic rings. The van der Waals surface area contributed by atoms with Crippen LogP contribution in [0.4, 0.5) is 0 Å². The van der Waals surface area contributed by atoms with E-state index >= 15 is 0 Å². The predicted molar refractivity (Wildman–Crippen MR) is 85.8 cm³/mol. The van der Waals surface area contributed by atoms with Gasteiger partial charge in [-0.1, -0.05) is 49.3 Å². The van der Waals surface area contributed by atoms with Gasteiger partial charge in [0.15, 0.2) is 0 Å². The molecule has 0 spiro atoms. The molecular formula is C20H26O. The van der Waals surface area contributed by atoms with Gasteiger partial charge in [-0.05, 0) is 49.4 Å². The average Bonchev–Trinajstić information content (AvgIpc) is 2.79. The Kier molecular flexibility index (Phi) is 2.87. The lowest BCUT2D eigenvalue weighted by Crippen LogP contribution is -2.43. The molecule has 1 heteroatoms. The minimum atomic E-state index is 0.278. The minimum absolute atomic E-state index is 0.278. The Balaban J connectivity index is 1.73. The van der Waals surface area contributed by atoms with Crippen LogP contribution in [-0.4, -0.2) is 5.78 Å². The van der Waals surface area contributed by atoms with Crippen molar-refractivity contribution in [2.75, 3.05) is 0 Å². The van der Waals surface area contributed by atoms with E-state index in [-0.39, 0.29) is 5.41 Å². The maximum absolute atomic E-state index is 11.9. The van der Waals surface area contributed by atoms with E-state index in [2.05, 4.69) is 38.2 Å². The zero-order valence-corrected chi connectivity index (χ0v) is 13.3. The summed E-state index contributed by atoms with van der Waals surface area (Å²) in [6, 6.07) is 0. The zero-order valence-electron chi connectivity index (χ0n) is 13.3. The molecule has 2 fully saturated rings. The third kappa shape index (κ3) is 1.86. The van der Waals surface area contributed by atoms with Crippen LogP contribution in [0.5, 0.6) is 0 Å². The number of fused-ring (bicyclic) bond motifs is 5. The van der Waals surface area contributed by atoms with Gasteiger partial charge in [0.25, 0.3) is 0 Å². The SMILES string of the molecule is CC12C=CC=C1C1CC=C3CCC(=O)CCC3(C)C1CC2. The normalized spacial score (nSPS) is 45.1. The molecule has 0 bridgehead atoms. The van der Waals surface area contributed by atoms with Crippen LogP contribution in [0.25, 0.3) is 0 Å². The predicted octanol–water partition coefficient (Wildman–Crippen LogP) is 4.99. The van der Waals surface area contributed by atoms with E-state index in [0.717, 1.165) is 31.6 Å². The van der Waals surface area contributed by atoms with Gasteiger partial charge in [-0.25, -0.2) is 0 Å². The molecule has 4 unspecified atom stereocenters. The van der Waals surface area contributed by atoms with Gasteiger partial charge in [0.2, 0.25) is 0 Å². The Morgan fingerprint density at radius 3 is 2.86 bits per heavy atom. The van der Waals surface area contributed by atoms with Crippen LogP contribution >= 0.6 is 0 Å². The third-order valence-corrected chi connectivity index (χ3v) is 7.03. The van der Waals surface area contributed by atoms with Gasteiger partial charge < -0.3 is 0 Å². The highest BCUT2D eigenvalue weighted by molar-refractivity contribution is 5.79. The summed E-state index contributed by atoms with van der Waals surface area (Å²) in [7, 11) is 0. The number of hydrogen-bond donors (Lipinski definition) is 0. The summed E-state index contributed by atoms with van der Waals surface area (Å²) in [5, 5.41) is 0. The number of Topliss-reactive ketones (excluding diaryl/α,β-unsaturated/α-hetero) is 1. The van der Waals surface area contributed by atoms with Crippen molar-refractivity contribution in [3.63, 3.8) is 0 Å². The number of rotatable bonds is 0. The van der Waals surface area contributed by atoms with Crippen molar-refractivity contribution in [3.05, 3.63) is 35.5 Å². The Morgan fingerprint density at radius 2 is 2.00 bits per heavy atom. The highest BCUT2D eigenvalue weighted by atomic mass is 16.1. The molecule has 0 saturated heterocycles. The smallest absolute Gasteiger partial charge is 0.133 e. The monoisotopic (exact) mass is 282 g/mol.